The predicted molar refractivity (Wildman–Crippen MR) is 138 cm³/mol. The minimum atomic E-state index is -2.12. The lowest BCUT2D eigenvalue weighted by Crippen LogP contribution is -2.47. The first kappa shape index (κ1) is 27.2. The highest BCUT2D eigenvalue weighted by Crippen LogP contribution is 2.25. The Kier molecular flexibility index (Phi) is 9.83. The monoisotopic (exact) mass is 516 g/mol. The molecule has 1 aliphatic rings. The maximum Gasteiger partial charge on any atom is 0.323 e. The Balaban J connectivity index is 1.41. The van der Waals surface area contributed by atoms with Crippen molar-refractivity contribution in [2.45, 2.75) is 32.2 Å². The molecule has 2 atom stereocenters. The van der Waals surface area contributed by atoms with E-state index in [0.717, 1.165) is 37.2 Å². The molecule has 0 saturated carbocycles. The predicted octanol–water partition coefficient (Wildman–Crippen LogP) is 2.51. The SMILES string of the molecule is COc1ccc(OS(=O)NC(CNC(=O)CC2CCN(c3ccc(C(C)=N)cc3)CC2)C(=O)O)cc1. The van der Waals surface area contributed by atoms with Gasteiger partial charge in [0.05, 0.1) is 7.11 Å². The van der Waals surface area contributed by atoms with Crippen molar-refractivity contribution in [3.05, 3.63) is 54.1 Å². The van der Waals surface area contributed by atoms with Crippen molar-refractivity contribution < 1.29 is 27.8 Å². The Morgan fingerprint density at radius 1 is 1.11 bits per heavy atom. The summed E-state index contributed by atoms with van der Waals surface area (Å²) in [5, 5.41) is 19.8. The fraction of sp³-hybridized carbons (Fsp3) is 0.400. The molecule has 2 aromatic carbocycles. The lowest BCUT2D eigenvalue weighted by molar-refractivity contribution is -0.138. The van der Waals surface area contributed by atoms with Gasteiger partial charge in [0.1, 0.15) is 17.5 Å². The van der Waals surface area contributed by atoms with Crippen LogP contribution in [0.4, 0.5) is 5.69 Å². The fourth-order valence-electron chi connectivity index (χ4n) is 3.91. The molecule has 11 heteroatoms. The number of nitrogens with zero attached hydrogens (tertiary/aromatic N) is 1. The summed E-state index contributed by atoms with van der Waals surface area (Å²) in [7, 11) is 1.52. The first-order valence-electron chi connectivity index (χ1n) is 11.7. The normalized spacial score (nSPS) is 15.6. The van der Waals surface area contributed by atoms with Crippen molar-refractivity contribution in [3.8, 4) is 11.5 Å². The minimum absolute atomic E-state index is 0.202. The number of carbonyl (C=O) groups is 2. The van der Waals surface area contributed by atoms with Crippen LogP contribution in [0.2, 0.25) is 0 Å². The number of carboxylic acids is 1. The number of benzene rings is 2. The van der Waals surface area contributed by atoms with E-state index in [9.17, 15) is 18.9 Å². The summed E-state index contributed by atoms with van der Waals surface area (Å²) < 4.78 is 24.8. The third-order valence-electron chi connectivity index (χ3n) is 6.03. The molecule has 194 valence electrons. The number of ether oxygens (including phenoxy) is 1. The zero-order valence-corrected chi connectivity index (χ0v) is 21.2. The van der Waals surface area contributed by atoms with E-state index in [1.807, 2.05) is 24.3 Å². The van der Waals surface area contributed by atoms with Crippen molar-refractivity contribution in [1.29, 1.82) is 5.41 Å². The van der Waals surface area contributed by atoms with Gasteiger partial charge in [-0.3, -0.25) is 9.59 Å². The number of hydrogen-bond donors (Lipinski definition) is 4. The molecule has 4 N–H and O–H groups in total. The molecule has 0 aliphatic carbocycles. The van der Waals surface area contributed by atoms with Gasteiger partial charge in [-0.25, -0.2) is 0 Å². The lowest BCUT2D eigenvalue weighted by atomic mass is 9.92. The van der Waals surface area contributed by atoms with Crippen LogP contribution in [0.5, 0.6) is 11.5 Å². The molecule has 1 heterocycles. The highest BCUT2D eigenvalue weighted by atomic mass is 32.2. The lowest BCUT2D eigenvalue weighted by Gasteiger charge is -2.33. The van der Waals surface area contributed by atoms with Crippen molar-refractivity contribution in [2.24, 2.45) is 5.92 Å². The Morgan fingerprint density at radius 2 is 1.72 bits per heavy atom. The van der Waals surface area contributed by atoms with Crippen LogP contribution in [-0.4, -0.2) is 59.7 Å². The quantitative estimate of drug-likeness (QED) is 0.318. The van der Waals surface area contributed by atoms with Gasteiger partial charge >= 0.3 is 5.97 Å². The number of anilines is 1. The number of aliphatic carboxylic acids is 1. The van der Waals surface area contributed by atoms with Crippen LogP contribution in [-0.2, 0) is 20.9 Å². The maximum atomic E-state index is 12.4. The van der Waals surface area contributed by atoms with Gasteiger partial charge in [-0.1, -0.05) is 12.1 Å². The van der Waals surface area contributed by atoms with Crippen LogP contribution in [0.15, 0.2) is 48.5 Å². The van der Waals surface area contributed by atoms with Gasteiger partial charge in [0.25, 0.3) is 11.3 Å². The summed E-state index contributed by atoms with van der Waals surface area (Å²) in [4.78, 5) is 26.3. The molecule has 2 unspecified atom stereocenters. The molecule has 36 heavy (non-hydrogen) atoms. The van der Waals surface area contributed by atoms with E-state index in [1.165, 1.54) is 7.11 Å². The number of carbonyl (C=O) groups excluding carboxylic acids is 1. The largest absolute Gasteiger partial charge is 0.497 e. The average molecular weight is 517 g/mol. The molecular formula is C25H32N4O6S. The van der Waals surface area contributed by atoms with E-state index in [4.69, 9.17) is 14.3 Å². The third kappa shape index (κ3) is 8.06. The Labute approximate surface area is 213 Å². The number of hydrogen-bond acceptors (Lipinski definition) is 7. The number of carboxylic acid groups (broad SMARTS) is 1. The number of methoxy groups -OCH3 is 1. The second kappa shape index (κ2) is 13.0. The highest BCUT2D eigenvalue weighted by Gasteiger charge is 2.24. The van der Waals surface area contributed by atoms with Crippen LogP contribution in [0, 0.1) is 11.3 Å². The Morgan fingerprint density at radius 3 is 2.28 bits per heavy atom. The Bertz CT molecular complexity index is 1070. The molecule has 3 rings (SSSR count). The molecule has 10 nitrogen and oxygen atoms in total. The smallest absolute Gasteiger partial charge is 0.323 e. The summed E-state index contributed by atoms with van der Waals surface area (Å²) >= 11 is -2.12. The van der Waals surface area contributed by atoms with Gasteiger partial charge < -0.3 is 29.7 Å². The topological polar surface area (TPSA) is 141 Å². The fourth-order valence-corrected chi connectivity index (χ4v) is 4.66. The molecule has 1 saturated heterocycles. The number of rotatable bonds is 12. The van der Waals surface area contributed by atoms with Crippen LogP contribution in [0.25, 0.3) is 0 Å². The summed E-state index contributed by atoms with van der Waals surface area (Å²) in [5.41, 5.74) is 2.53. The second-order valence-electron chi connectivity index (χ2n) is 8.61. The molecule has 0 bridgehead atoms. The van der Waals surface area contributed by atoms with Gasteiger partial charge in [0.15, 0.2) is 0 Å². The van der Waals surface area contributed by atoms with E-state index >= 15 is 0 Å². The molecule has 0 radical (unpaired) electrons. The third-order valence-corrected chi connectivity index (χ3v) is 6.85. The zero-order valence-electron chi connectivity index (χ0n) is 20.4. The Hall–Kier alpha value is -3.44. The number of amides is 1. The van der Waals surface area contributed by atoms with Crippen LogP contribution >= 0.6 is 0 Å². The summed E-state index contributed by atoms with van der Waals surface area (Å²) in [5.74, 6) is -0.408. The van der Waals surface area contributed by atoms with Gasteiger partial charge in [-0.05, 0) is 67.6 Å². The second-order valence-corrected chi connectivity index (χ2v) is 9.48. The van der Waals surface area contributed by atoms with Crippen molar-refractivity contribution in [1.82, 2.24) is 10.0 Å². The summed E-state index contributed by atoms with van der Waals surface area (Å²) in [6.07, 6.45) is 2.00. The average Bonchev–Trinajstić information content (AvgIpc) is 2.87. The van der Waals surface area contributed by atoms with Crippen LogP contribution < -0.4 is 23.9 Å². The maximum absolute atomic E-state index is 12.4. The molecule has 0 spiro atoms. The summed E-state index contributed by atoms with van der Waals surface area (Å²) in [6, 6.07) is 13.0. The number of nitrogens with one attached hydrogen (secondary N) is 3. The van der Waals surface area contributed by atoms with E-state index in [1.54, 1.807) is 31.2 Å². The molecule has 1 aliphatic heterocycles. The minimum Gasteiger partial charge on any atom is -0.497 e. The van der Waals surface area contributed by atoms with Crippen LogP contribution in [0.1, 0.15) is 31.7 Å². The van der Waals surface area contributed by atoms with Gasteiger partial charge in [-0.2, -0.15) is 8.93 Å². The summed E-state index contributed by atoms with van der Waals surface area (Å²) in [6.45, 7) is 3.18. The van der Waals surface area contributed by atoms with E-state index in [2.05, 4.69) is 14.9 Å². The molecule has 1 amide bonds. The zero-order chi connectivity index (χ0) is 26.1. The molecular weight excluding hydrogens is 484 g/mol. The molecule has 1 fully saturated rings. The van der Waals surface area contributed by atoms with Crippen molar-refractivity contribution in [2.75, 3.05) is 31.6 Å². The highest BCUT2D eigenvalue weighted by molar-refractivity contribution is 7.78. The van der Waals surface area contributed by atoms with Crippen LogP contribution in [0.3, 0.4) is 0 Å². The molecule has 0 aromatic heterocycles. The van der Waals surface area contributed by atoms with Crippen molar-refractivity contribution in [3.63, 3.8) is 0 Å². The molecule has 2 aromatic rings. The van der Waals surface area contributed by atoms with E-state index < -0.39 is 23.3 Å². The van der Waals surface area contributed by atoms with Gasteiger partial charge in [0, 0.05) is 37.5 Å². The van der Waals surface area contributed by atoms with Crippen molar-refractivity contribution >= 4 is 34.5 Å². The van der Waals surface area contributed by atoms with Gasteiger partial charge in [-0.15, -0.1) is 0 Å². The first-order valence-corrected chi connectivity index (χ1v) is 12.7. The van der Waals surface area contributed by atoms with Gasteiger partial charge in [0.2, 0.25) is 5.91 Å². The first-order chi connectivity index (χ1) is 17.2. The van der Waals surface area contributed by atoms with E-state index in [-0.39, 0.29) is 24.1 Å². The standard InChI is InChI=1S/C25H32N4O6S/c1-17(26)19-3-5-20(6-4-19)29-13-11-18(12-14-29)15-24(30)27-16-23(25(31)32)28-36(33)35-22-9-7-21(34-2)8-10-22/h3-10,18,23,26,28H,11-16H2,1-2H3,(H,27,30)(H,31,32). The van der Waals surface area contributed by atoms with E-state index in [0.29, 0.717) is 17.9 Å². The number of piperidine rings is 1.